The van der Waals surface area contributed by atoms with E-state index in [9.17, 15) is 9.59 Å². The smallest absolute Gasteiger partial charge is 0.329 e. The minimum Gasteiger partial charge on any atom is -0.464 e. The Morgan fingerprint density at radius 2 is 2.22 bits per heavy atom. The minimum absolute atomic E-state index is 0.0481. The summed E-state index contributed by atoms with van der Waals surface area (Å²) in [5, 5.41) is 1.94. The summed E-state index contributed by atoms with van der Waals surface area (Å²) in [7, 11) is 0. The molecule has 1 aliphatic rings. The number of unbranched alkanes of at least 4 members (excludes halogenated alkanes) is 1. The van der Waals surface area contributed by atoms with Gasteiger partial charge in [-0.1, -0.05) is 33.3 Å². The number of hydrogen-bond acceptors (Lipinski definition) is 5. The van der Waals surface area contributed by atoms with E-state index in [-0.39, 0.29) is 17.3 Å². The Morgan fingerprint density at radius 3 is 2.83 bits per heavy atom. The van der Waals surface area contributed by atoms with Gasteiger partial charge in [0.05, 0.1) is 16.9 Å². The van der Waals surface area contributed by atoms with Crippen LogP contribution in [0.25, 0.3) is 0 Å². The number of nitrogens with zero attached hydrogens (tertiary/aromatic N) is 1. The fourth-order valence-corrected chi connectivity index (χ4v) is 4.84. The van der Waals surface area contributed by atoms with Gasteiger partial charge in [-0.2, -0.15) is 0 Å². The quantitative estimate of drug-likeness (QED) is 0.547. The SMILES string of the molecule is CCCCOC(=O)C1CSC(CC(C)C)N1C(=O)c1cccs1. The standard InChI is InChI=1S/C17H25NO3S2/c1-4-5-8-21-17(20)13-11-23-15(10-12(2)3)18(13)16(19)14-7-6-9-22-14/h6-7,9,12-13,15H,4-5,8,10-11H2,1-3H3. The van der Waals surface area contributed by atoms with Crippen LogP contribution < -0.4 is 0 Å². The van der Waals surface area contributed by atoms with Gasteiger partial charge >= 0.3 is 5.97 Å². The molecule has 1 aromatic heterocycles. The molecule has 1 aliphatic heterocycles. The molecule has 0 bridgehead atoms. The molecular formula is C17H25NO3S2. The summed E-state index contributed by atoms with van der Waals surface area (Å²) in [6.07, 6.45) is 2.74. The highest BCUT2D eigenvalue weighted by Gasteiger charge is 2.43. The average Bonchev–Trinajstić information content (AvgIpc) is 3.15. The maximum absolute atomic E-state index is 12.9. The number of thiophene rings is 1. The molecule has 0 radical (unpaired) electrons. The number of carbonyl (C=O) groups is 2. The largest absolute Gasteiger partial charge is 0.464 e. The van der Waals surface area contributed by atoms with E-state index in [1.54, 1.807) is 16.7 Å². The van der Waals surface area contributed by atoms with E-state index in [4.69, 9.17) is 4.74 Å². The molecule has 0 aliphatic carbocycles. The zero-order valence-corrected chi connectivity index (χ0v) is 15.6. The van der Waals surface area contributed by atoms with Gasteiger partial charge in [0, 0.05) is 5.75 Å². The van der Waals surface area contributed by atoms with Crippen LogP contribution >= 0.6 is 23.1 Å². The first-order chi connectivity index (χ1) is 11.0. The Balaban J connectivity index is 2.13. The zero-order valence-electron chi connectivity index (χ0n) is 14.0. The van der Waals surface area contributed by atoms with E-state index >= 15 is 0 Å². The van der Waals surface area contributed by atoms with Gasteiger partial charge in [-0.05, 0) is 30.2 Å². The van der Waals surface area contributed by atoms with Crippen molar-refractivity contribution in [1.82, 2.24) is 4.90 Å². The maximum Gasteiger partial charge on any atom is 0.329 e. The number of hydrogen-bond donors (Lipinski definition) is 0. The summed E-state index contributed by atoms with van der Waals surface area (Å²) in [5.74, 6) is 0.788. The van der Waals surface area contributed by atoms with Crippen LogP contribution in [0, 0.1) is 5.92 Å². The van der Waals surface area contributed by atoms with Crippen molar-refractivity contribution in [3.05, 3.63) is 22.4 Å². The van der Waals surface area contributed by atoms with E-state index < -0.39 is 6.04 Å². The molecule has 1 fully saturated rings. The summed E-state index contributed by atoms with van der Waals surface area (Å²) in [6.45, 7) is 6.78. The van der Waals surface area contributed by atoms with Crippen LogP contribution in [0.1, 0.15) is 49.7 Å². The summed E-state index contributed by atoms with van der Waals surface area (Å²) in [5.41, 5.74) is 0. The first-order valence-electron chi connectivity index (χ1n) is 8.19. The Bertz CT molecular complexity index is 516. The predicted molar refractivity (Wildman–Crippen MR) is 95.8 cm³/mol. The van der Waals surface area contributed by atoms with Gasteiger partial charge in [0.15, 0.2) is 0 Å². The third kappa shape index (κ3) is 4.73. The molecule has 0 spiro atoms. The number of rotatable bonds is 7. The second-order valence-corrected chi connectivity index (χ2v) is 8.30. The number of esters is 1. The van der Waals surface area contributed by atoms with E-state index in [0.717, 1.165) is 19.3 Å². The number of thioether (sulfide) groups is 1. The lowest BCUT2D eigenvalue weighted by Gasteiger charge is -2.28. The Morgan fingerprint density at radius 1 is 1.43 bits per heavy atom. The van der Waals surface area contributed by atoms with Crippen LogP contribution in [0.3, 0.4) is 0 Å². The van der Waals surface area contributed by atoms with E-state index in [0.29, 0.717) is 23.2 Å². The van der Waals surface area contributed by atoms with Gasteiger partial charge in [-0.3, -0.25) is 4.79 Å². The van der Waals surface area contributed by atoms with Gasteiger partial charge in [-0.15, -0.1) is 23.1 Å². The van der Waals surface area contributed by atoms with Crippen molar-refractivity contribution in [1.29, 1.82) is 0 Å². The zero-order chi connectivity index (χ0) is 16.8. The fraction of sp³-hybridized carbons (Fsp3) is 0.647. The van der Waals surface area contributed by atoms with Crippen molar-refractivity contribution in [2.24, 2.45) is 5.92 Å². The van der Waals surface area contributed by atoms with Crippen LogP contribution in [0.5, 0.6) is 0 Å². The third-order valence-corrected chi connectivity index (χ3v) is 5.92. The van der Waals surface area contributed by atoms with Gasteiger partial charge in [0.1, 0.15) is 6.04 Å². The first-order valence-corrected chi connectivity index (χ1v) is 10.1. The molecule has 128 valence electrons. The van der Waals surface area contributed by atoms with Crippen molar-refractivity contribution in [3.8, 4) is 0 Å². The van der Waals surface area contributed by atoms with Crippen molar-refractivity contribution in [2.45, 2.75) is 51.4 Å². The molecule has 2 unspecified atom stereocenters. The maximum atomic E-state index is 12.9. The summed E-state index contributed by atoms with van der Waals surface area (Å²) in [6, 6.07) is 3.23. The average molecular weight is 356 g/mol. The lowest BCUT2D eigenvalue weighted by atomic mass is 10.1. The van der Waals surface area contributed by atoms with Crippen LogP contribution in [-0.2, 0) is 9.53 Å². The molecule has 1 amide bonds. The Hall–Kier alpha value is -1.01. The highest BCUT2D eigenvalue weighted by molar-refractivity contribution is 8.00. The molecular weight excluding hydrogens is 330 g/mol. The van der Waals surface area contributed by atoms with E-state index in [1.807, 2.05) is 17.5 Å². The summed E-state index contributed by atoms with van der Waals surface area (Å²) >= 11 is 3.11. The van der Waals surface area contributed by atoms with Crippen molar-refractivity contribution < 1.29 is 14.3 Å². The molecule has 2 atom stereocenters. The van der Waals surface area contributed by atoms with Crippen LogP contribution in [0.15, 0.2) is 17.5 Å². The van der Waals surface area contributed by atoms with Crippen molar-refractivity contribution in [3.63, 3.8) is 0 Å². The second-order valence-electron chi connectivity index (χ2n) is 6.14. The van der Waals surface area contributed by atoms with Crippen molar-refractivity contribution in [2.75, 3.05) is 12.4 Å². The molecule has 1 aromatic rings. The van der Waals surface area contributed by atoms with Crippen molar-refractivity contribution >= 4 is 35.0 Å². The second kappa shape index (κ2) is 8.73. The first kappa shape index (κ1) is 18.3. The monoisotopic (exact) mass is 355 g/mol. The lowest BCUT2D eigenvalue weighted by molar-refractivity contribution is -0.148. The molecule has 2 rings (SSSR count). The van der Waals surface area contributed by atoms with Gasteiger partial charge < -0.3 is 9.64 Å². The van der Waals surface area contributed by atoms with E-state index in [2.05, 4.69) is 20.8 Å². The minimum atomic E-state index is -0.463. The summed E-state index contributed by atoms with van der Waals surface area (Å²) in [4.78, 5) is 27.7. The molecule has 2 heterocycles. The lowest BCUT2D eigenvalue weighted by Crippen LogP contribution is -2.46. The fourth-order valence-electron chi connectivity index (χ4n) is 2.54. The van der Waals surface area contributed by atoms with Crippen LogP contribution in [0.2, 0.25) is 0 Å². The normalized spacial score (nSPS) is 21.0. The van der Waals surface area contributed by atoms with Crippen LogP contribution in [-0.4, -0.2) is 40.6 Å². The molecule has 0 N–H and O–H groups in total. The molecule has 1 saturated heterocycles. The van der Waals surface area contributed by atoms with Crippen LogP contribution in [0.4, 0.5) is 0 Å². The molecule has 23 heavy (non-hydrogen) atoms. The number of carbonyl (C=O) groups excluding carboxylic acids is 2. The topological polar surface area (TPSA) is 46.6 Å². The predicted octanol–water partition coefficient (Wildman–Crippen LogP) is 4.02. The highest BCUT2D eigenvalue weighted by Crippen LogP contribution is 2.35. The summed E-state index contributed by atoms with van der Waals surface area (Å²) < 4.78 is 5.37. The third-order valence-electron chi connectivity index (χ3n) is 3.75. The molecule has 4 nitrogen and oxygen atoms in total. The van der Waals surface area contributed by atoms with Gasteiger partial charge in [0.2, 0.25) is 0 Å². The molecule has 0 aromatic carbocycles. The van der Waals surface area contributed by atoms with Gasteiger partial charge in [-0.25, -0.2) is 4.79 Å². The Labute approximate surface area is 146 Å². The molecule has 6 heteroatoms. The van der Waals surface area contributed by atoms with Gasteiger partial charge in [0.25, 0.3) is 5.91 Å². The Kier molecular flexibility index (Phi) is 6.96. The van der Waals surface area contributed by atoms with E-state index in [1.165, 1.54) is 11.3 Å². The number of amides is 1. The number of ether oxygens (including phenoxy) is 1. The molecule has 0 saturated carbocycles. The highest BCUT2D eigenvalue weighted by atomic mass is 32.2.